The van der Waals surface area contributed by atoms with Crippen molar-refractivity contribution in [3.05, 3.63) is 30.5 Å². The van der Waals surface area contributed by atoms with Crippen LogP contribution in [0, 0.1) is 6.20 Å². The van der Waals surface area contributed by atoms with Crippen molar-refractivity contribution >= 4 is 10.9 Å². The lowest BCUT2D eigenvalue weighted by Crippen LogP contribution is -1.65. The standard InChI is InChI=1S/C8H6NO/c10-7-2-1-6-3-4-9-8(6)5-7/h1-3,5,9-10H. The molecule has 0 saturated carbocycles. The van der Waals surface area contributed by atoms with Crippen LogP contribution >= 0.6 is 0 Å². The Morgan fingerprint density at radius 2 is 2.30 bits per heavy atom. The van der Waals surface area contributed by atoms with Crippen LogP contribution < -0.4 is 0 Å². The summed E-state index contributed by atoms with van der Waals surface area (Å²) in [6.07, 6.45) is 2.83. The molecule has 1 aromatic heterocycles. The second-order valence-corrected chi connectivity index (χ2v) is 2.19. The average Bonchev–Trinajstić information content (AvgIpc) is 2.33. The minimum Gasteiger partial charge on any atom is -0.508 e. The molecule has 0 fully saturated rings. The van der Waals surface area contributed by atoms with Crippen LogP contribution in [0.15, 0.2) is 24.3 Å². The quantitative estimate of drug-likeness (QED) is 0.562. The van der Waals surface area contributed by atoms with Gasteiger partial charge in [0, 0.05) is 17.0 Å². The number of benzene rings is 1. The molecule has 0 aliphatic carbocycles. The Hall–Kier alpha value is -1.44. The fraction of sp³-hybridized carbons (Fsp3) is 0. The molecule has 1 aromatic carbocycles. The molecule has 0 atom stereocenters. The molecule has 0 spiro atoms. The zero-order chi connectivity index (χ0) is 6.97. The van der Waals surface area contributed by atoms with E-state index >= 15 is 0 Å². The number of hydrogen-bond donors (Lipinski definition) is 2. The highest BCUT2D eigenvalue weighted by Crippen LogP contribution is 2.17. The van der Waals surface area contributed by atoms with E-state index < -0.39 is 0 Å². The number of nitrogens with one attached hydrogen (secondary N) is 1. The maximum atomic E-state index is 9.01. The van der Waals surface area contributed by atoms with Crippen molar-refractivity contribution in [2.75, 3.05) is 0 Å². The zero-order valence-corrected chi connectivity index (χ0v) is 5.26. The van der Waals surface area contributed by atoms with Crippen LogP contribution in [0.1, 0.15) is 0 Å². The Kier molecular flexibility index (Phi) is 0.947. The fourth-order valence-electron chi connectivity index (χ4n) is 0.970. The Morgan fingerprint density at radius 1 is 1.40 bits per heavy atom. The van der Waals surface area contributed by atoms with E-state index in [1.807, 2.05) is 12.1 Å². The second-order valence-electron chi connectivity index (χ2n) is 2.19. The van der Waals surface area contributed by atoms with Crippen LogP contribution in [0.25, 0.3) is 10.9 Å². The molecule has 0 saturated heterocycles. The number of phenolic OH excluding ortho intramolecular Hbond substituents is 1. The molecule has 0 aliphatic heterocycles. The number of aromatic amines is 1. The van der Waals surface area contributed by atoms with Crippen LogP contribution in [0.4, 0.5) is 0 Å². The van der Waals surface area contributed by atoms with Crippen LogP contribution in [-0.4, -0.2) is 10.1 Å². The van der Waals surface area contributed by atoms with Crippen LogP contribution in [0.3, 0.4) is 0 Å². The zero-order valence-electron chi connectivity index (χ0n) is 5.26. The van der Waals surface area contributed by atoms with Crippen molar-refractivity contribution in [2.45, 2.75) is 0 Å². The molecule has 2 rings (SSSR count). The van der Waals surface area contributed by atoms with Crippen molar-refractivity contribution < 1.29 is 5.11 Å². The lowest BCUT2D eigenvalue weighted by atomic mass is 10.2. The monoisotopic (exact) mass is 132 g/mol. The highest BCUT2D eigenvalue weighted by molar-refractivity contribution is 5.80. The van der Waals surface area contributed by atoms with Gasteiger partial charge in [-0.3, -0.25) is 0 Å². The summed E-state index contributed by atoms with van der Waals surface area (Å²) in [6.45, 7) is 0. The van der Waals surface area contributed by atoms with Gasteiger partial charge in [-0.15, -0.1) is 0 Å². The first kappa shape index (κ1) is 5.35. The summed E-state index contributed by atoms with van der Waals surface area (Å²) in [5.74, 6) is 0.281. The van der Waals surface area contributed by atoms with Crippen molar-refractivity contribution in [1.29, 1.82) is 0 Å². The van der Waals surface area contributed by atoms with E-state index in [2.05, 4.69) is 11.2 Å². The minimum absolute atomic E-state index is 0.281. The summed E-state index contributed by atoms with van der Waals surface area (Å²) in [5.41, 5.74) is 0.917. The van der Waals surface area contributed by atoms with E-state index in [1.165, 1.54) is 0 Å². The van der Waals surface area contributed by atoms with E-state index in [-0.39, 0.29) is 5.75 Å². The predicted molar refractivity (Wildman–Crippen MR) is 38.8 cm³/mol. The summed E-state index contributed by atoms with van der Waals surface area (Å²) < 4.78 is 0. The number of aromatic nitrogens is 1. The molecule has 1 heterocycles. The first-order valence-electron chi connectivity index (χ1n) is 3.04. The van der Waals surface area contributed by atoms with Crippen molar-refractivity contribution in [2.24, 2.45) is 0 Å². The first-order chi connectivity index (χ1) is 4.86. The Morgan fingerprint density at radius 3 is 3.20 bits per heavy atom. The maximum absolute atomic E-state index is 9.01. The third-order valence-electron chi connectivity index (χ3n) is 1.47. The van der Waals surface area contributed by atoms with E-state index in [1.54, 1.807) is 12.1 Å². The van der Waals surface area contributed by atoms with Crippen LogP contribution in [-0.2, 0) is 0 Å². The molecule has 10 heavy (non-hydrogen) atoms. The van der Waals surface area contributed by atoms with Gasteiger partial charge in [0.2, 0.25) is 0 Å². The number of fused-ring (bicyclic) bond motifs is 1. The predicted octanol–water partition coefficient (Wildman–Crippen LogP) is 1.67. The van der Waals surface area contributed by atoms with Crippen LogP contribution in [0.2, 0.25) is 0 Å². The van der Waals surface area contributed by atoms with E-state index in [0.717, 1.165) is 10.9 Å². The summed E-state index contributed by atoms with van der Waals surface area (Å²) in [6, 6.07) is 7.02. The molecule has 0 aliphatic rings. The van der Waals surface area contributed by atoms with Crippen molar-refractivity contribution in [3.63, 3.8) is 0 Å². The Labute approximate surface area is 58.1 Å². The Balaban J connectivity index is 2.86. The molecule has 2 N–H and O–H groups in total. The van der Waals surface area contributed by atoms with Crippen LogP contribution in [0.5, 0.6) is 5.75 Å². The lowest BCUT2D eigenvalue weighted by molar-refractivity contribution is 0.476. The molecular formula is C8H6NO. The summed E-state index contributed by atoms with van der Waals surface area (Å²) in [5, 5.41) is 10.1. The smallest absolute Gasteiger partial charge is 0.117 e. The molecule has 2 nitrogen and oxygen atoms in total. The van der Waals surface area contributed by atoms with E-state index in [4.69, 9.17) is 5.11 Å². The number of phenols is 1. The minimum atomic E-state index is 0.281. The average molecular weight is 132 g/mol. The Bertz CT molecular complexity index is 351. The van der Waals surface area contributed by atoms with Gasteiger partial charge in [-0.05, 0) is 18.2 Å². The summed E-state index contributed by atoms with van der Waals surface area (Å²) in [7, 11) is 0. The van der Waals surface area contributed by atoms with Gasteiger partial charge in [0.15, 0.2) is 0 Å². The van der Waals surface area contributed by atoms with Crippen molar-refractivity contribution in [3.8, 4) is 5.75 Å². The first-order valence-corrected chi connectivity index (χ1v) is 3.04. The number of H-pyrrole nitrogens is 1. The topological polar surface area (TPSA) is 36.0 Å². The number of hydrogen-bond acceptors (Lipinski definition) is 1. The van der Waals surface area contributed by atoms with Gasteiger partial charge in [-0.1, -0.05) is 0 Å². The van der Waals surface area contributed by atoms with Crippen molar-refractivity contribution in [1.82, 2.24) is 4.98 Å². The van der Waals surface area contributed by atoms with E-state index in [0.29, 0.717) is 0 Å². The third-order valence-corrected chi connectivity index (χ3v) is 1.47. The van der Waals surface area contributed by atoms with Gasteiger partial charge in [0.1, 0.15) is 5.75 Å². The largest absolute Gasteiger partial charge is 0.508 e. The number of rotatable bonds is 0. The van der Waals surface area contributed by atoms with Gasteiger partial charge >= 0.3 is 0 Å². The van der Waals surface area contributed by atoms with Gasteiger partial charge in [0.25, 0.3) is 0 Å². The molecule has 49 valence electrons. The number of aromatic hydroxyl groups is 1. The summed E-state index contributed by atoms with van der Waals surface area (Å²) >= 11 is 0. The molecule has 2 aromatic rings. The van der Waals surface area contributed by atoms with Gasteiger partial charge < -0.3 is 10.1 Å². The third kappa shape index (κ3) is 0.658. The second kappa shape index (κ2) is 1.77. The van der Waals surface area contributed by atoms with E-state index in [9.17, 15) is 0 Å². The highest BCUT2D eigenvalue weighted by atomic mass is 16.3. The SMILES string of the molecule is Oc1ccc2c[c][nH]c2c1. The molecule has 0 bridgehead atoms. The molecule has 0 amide bonds. The highest BCUT2D eigenvalue weighted by Gasteiger charge is 1.93. The van der Waals surface area contributed by atoms with Gasteiger partial charge in [-0.25, -0.2) is 0 Å². The fourth-order valence-corrected chi connectivity index (χ4v) is 0.970. The molecule has 1 radical (unpaired) electrons. The van der Waals surface area contributed by atoms with Gasteiger partial charge in [-0.2, -0.15) is 0 Å². The molecule has 0 unspecified atom stereocenters. The molecular weight excluding hydrogens is 126 g/mol. The maximum Gasteiger partial charge on any atom is 0.117 e. The van der Waals surface area contributed by atoms with Gasteiger partial charge in [0.05, 0.1) is 6.20 Å². The summed E-state index contributed by atoms with van der Waals surface area (Å²) in [4.78, 5) is 2.88. The molecule has 2 heteroatoms. The normalized spacial score (nSPS) is 10.4. The lowest BCUT2D eigenvalue weighted by Gasteiger charge is -1.89.